The Hall–Kier alpha value is -0.190. The molecule has 0 amide bonds. The van der Waals surface area contributed by atoms with Gasteiger partial charge in [-0.05, 0) is 12.1 Å². The Morgan fingerprint density at radius 3 is 2.62 bits per heavy atom. The van der Waals surface area contributed by atoms with Gasteiger partial charge in [-0.2, -0.15) is 0 Å². The van der Waals surface area contributed by atoms with E-state index in [0.717, 1.165) is 5.56 Å². The number of halogens is 3. The van der Waals surface area contributed by atoms with E-state index in [2.05, 4.69) is 5.32 Å². The van der Waals surface area contributed by atoms with Crippen LogP contribution in [0.25, 0.3) is 0 Å². The topological polar surface area (TPSA) is 41.5 Å². The maximum atomic E-state index is 8.63. The molecule has 2 N–H and O–H groups in total. The molecule has 1 aromatic carbocycles. The number of hydrogen-bond donors (Lipinski definition) is 2. The number of aliphatic hydroxyl groups excluding tert-OH is 1. The Morgan fingerprint density at radius 1 is 1.38 bits per heavy atom. The van der Waals surface area contributed by atoms with E-state index in [4.69, 9.17) is 33.0 Å². The van der Waals surface area contributed by atoms with Crippen LogP contribution in [0.4, 0.5) is 0 Å². The summed E-state index contributed by atoms with van der Waals surface area (Å²) in [6.45, 7) is 1.17. The van der Waals surface area contributed by atoms with Crippen LogP contribution >= 0.6 is 23.2 Å². The predicted octanol–water partition coefficient (Wildman–Crippen LogP) is -0.912. The monoisotopic (exact) mass is 284 g/mol. The average molecular weight is 286 g/mol. The van der Waals surface area contributed by atoms with Gasteiger partial charge in [-0.1, -0.05) is 23.2 Å². The summed E-state index contributed by atoms with van der Waals surface area (Å²) in [5.41, 5.74) is 0.878. The third-order valence-electron chi connectivity index (χ3n) is 1.89. The molecule has 0 aliphatic carbocycles. The van der Waals surface area contributed by atoms with E-state index in [0.29, 0.717) is 28.9 Å². The maximum absolute atomic E-state index is 8.63. The fourth-order valence-electron chi connectivity index (χ4n) is 1.28. The Labute approximate surface area is 111 Å². The zero-order valence-electron chi connectivity index (χ0n) is 8.77. The van der Waals surface area contributed by atoms with E-state index in [9.17, 15) is 0 Å². The van der Waals surface area contributed by atoms with Gasteiger partial charge in [0, 0.05) is 23.7 Å². The largest absolute Gasteiger partial charge is 1.00 e. The van der Waals surface area contributed by atoms with Gasteiger partial charge in [0.2, 0.25) is 0 Å². The van der Waals surface area contributed by atoms with Crippen LogP contribution in [0.3, 0.4) is 0 Å². The molecule has 0 fully saturated rings. The van der Waals surface area contributed by atoms with Crippen LogP contribution < -0.4 is 22.5 Å². The number of rotatable bonds is 5. The standard InChI is InChI=1S/C10H13Cl2NO2.ClH/c1-15-10-7(6-13-2-3-14)4-8(11)5-9(10)12;/h4-5,13-14H,2-3,6H2,1H3;1H/p-1. The van der Waals surface area contributed by atoms with E-state index in [1.165, 1.54) is 0 Å². The average Bonchev–Trinajstić information content (AvgIpc) is 2.17. The van der Waals surface area contributed by atoms with Crippen molar-refractivity contribution in [1.82, 2.24) is 5.32 Å². The predicted molar refractivity (Wildman–Crippen MR) is 61.8 cm³/mol. The maximum Gasteiger partial charge on any atom is 0.142 e. The number of methoxy groups -OCH3 is 1. The van der Waals surface area contributed by atoms with Crippen molar-refractivity contribution in [2.75, 3.05) is 20.3 Å². The van der Waals surface area contributed by atoms with Gasteiger partial charge in [0.25, 0.3) is 0 Å². The fourth-order valence-corrected chi connectivity index (χ4v) is 1.89. The second kappa shape index (κ2) is 7.98. The molecule has 0 aliphatic heterocycles. The number of aliphatic hydroxyl groups is 1. The van der Waals surface area contributed by atoms with Crippen molar-refractivity contribution in [3.8, 4) is 5.75 Å². The van der Waals surface area contributed by atoms with Crippen LogP contribution in [-0.2, 0) is 6.54 Å². The molecule has 92 valence electrons. The van der Waals surface area contributed by atoms with Crippen LogP contribution in [0.2, 0.25) is 10.0 Å². The van der Waals surface area contributed by atoms with Crippen molar-refractivity contribution in [3.05, 3.63) is 27.7 Å². The van der Waals surface area contributed by atoms with E-state index < -0.39 is 0 Å². The first kappa shape index (κ1) is 15.8. The van der Waals surface area contributed by atoms with Crippen molar-refractivity contribution in [2.24, 2.45) is 0 Å². The number of nitrogens with one attached hydrogen (secondary N) is 1. The molecule has 0 aromatic heterocycles. The summed E-state index contributed by atoms with van der Waals surface area (Å²) in [7, 11) is 1.56. The van der Waals surface area contributed by atoms with Crippen LogP contribution in [0.5, 0.6) is 5.75 Å². The molecule has 0 bridgehead atoms. The van der Waals surface area contributed by atoms with Crippen molar-refractivity contribution < 1.29 is 22.3 Å². The minimum absolute atomic E-state index is 0. The highest BCUT2D eigenvalue weighted by molar-refractivity contribution is 6.35. The summed E-state index contributed by atoms with van der Waals surface area (Å²) >= 11 is 11.8. The summed E-state index contributed by atoms with van der Waals surface area (Å²) in [5.74, 6) is 0.617. The van der Waals surface area contributed by atoms with Gasteiger partial charge in [0.05, 0.1) is 18.7 Å². The van der Waals surface area contributed by atoms with Gasteiger partial charge in [-0.25, -0.2) is 0 Å². The molecule has 0 aliphatic rings. The third-order valence-corrected chi connectivity index (χ3v) is 2.39. The Morgan fingerprint density at radius 2 is 2.06 bits per heavy atom. The first-order chi connectivity index (χ1) is 7.19. The Balaban J connectivity index is 0.00000225. The molecule has 0 saturated heterocycles. The second-order valence-electron chi connectivity index (χ2n) is 2.98. The number of ether oxygens (including phenoxy) is 1. The lowest BCUT2D eigenvalue weighted by Gasteiger charge is -2.11. The molecule has 1 aromatic rings. The fraction of sp³-hybridized carbons (Fsp3) is 0.400. The molecule has 0 radical (unpaired) electrons. The molecule has 0 atom stereocenters. The van der Waals surface area contributed by atoms with Crippen molar-refractivity contribution >= 4 is 23.2 Å². The van der Waals surface area contributed by atoms with Crippen molar-refractivity contribution in [2.45, 2.75) is 6.54 Å². The van der Waals surface area contributed by atoms with Crippen molar-refractivity contribution in [1.29, 1.82) is 0 Å². The summed E-state index contributed by atoms with van der Waals surface area (Å²) in [5, 5.41) is 12.7. The molecule has 0 unspecified atom stereocenters. The zero-order valence-corrected chi connectivity index (χ0v) is 11.0. The number of benzene rings is 1. The lowest BCUT2D eigenvalue weighted by molar-refractivity contribution is -0.00000426. The molecule has 1 rings (SSSR count). The van der Waals surface area contributed by atoms with Crippen LogP contribution in [-0.4, -0.2) is 25.4 Å². The van der Waals surface area contributed by atoms with Gasteiger partial charge >= 0.3 is 0 Å². The zero-order chi connectivity index (χ0) is 11.3. The van der Waals surface area contributed by atoms with Crippen molar-refractivity contribution in [3.63, 3.8) is 0 Å². The minimum Gasteiger partial charge on any atom is -1.00 e. The Kier molecular flexibility index (Phi) is 7.89. The molecular formula is C10H13Cl3NO2-. The third kappa shape index (κ3) is 4.36. The van der Waals surface area contributed by atoms with Crippen LogP contribution in [0.1, 0.15) is 5.56 Å². The quantitative estimate of drug-likeness (QED) is 0.688. The van der Waals surface area contributed by atoms with E-state index in [1.54, 1.807) is 19.2 Å². The van der Waals surface area contributed by atoms with E-state index in [-0.39, 0.29) is 19.0 Å². The molecular weight excluding hydrogens is 272 g/mol. The van der Waals surface area contributed by atoms with E-state index >= 15 is 0 Å². The lowest BCUT2D eigenvalue weighted by atomic mass is 10.2. The molecule has 0 spiro atoms. The molecule has 0 saturated carbocycles. The number of hydrogen-bond acceptors (Lipinski definition) is 3. The lowest BCUT2D eigenvalue weighted by Crippen LogP contribution is -3.00. The van der Waals surface area contributed by atoms with Crippen LogP contribution in [0.15, 0.2) is 12.1 Å². The normalized spacial score (nSPS) is 9.75. The highest BCUT2D eigenvalue weighted by Gasteiger charge is 2.08. The minimum atomic E-state index is 0. The highest BCUT2D eigenvalue weighted by atomic mass is 35.5. The summed E-state index contributed by atoms with van der Waals surface area (Å²) < 4.78 is 5.17. The summed E-state index contributed by atoms with van der Waals surface area (Å²) in [6, 6.07) is 3.42. The van der Waals surface area contributed by atoms with Gasteiger partial charge in [0.15, 0.2) is 0 Å². The van der Waals surface area contributed by atoms with Gasteiger partial charge in [-0.15, -0.1) is 0 Å². The first-order valence-electron chi connectivity index (χ1n) is 4.52. The molecule has 0 heterocycles. The van der Waals surface area contributed by atoms with E-state index in [1.807, 2.05) is 0 Å². The molecule has 6 heteroatoms. The summed E-state index contributed by atoms with van der Waals surface area (Å²) in [6.07, 6.45) is 0. The smallest absolute Gasteiger partial charge is 0.142 e. The molecule has 16 heavy (non-hydrogen) atoms. The Bertz CT molecular complexity index is 334. The highest BCUT2D eigenvalue weighted by Crippen LogP contribution is 2.31. The SMILES string of the molecule is COc1c(Cl)cc(Cl)cc1CNCCO.[Cl-]. The summed E-state index contributed by atoms with van der Waals surface area (Å²) in [4.78, 5) is 0. The second-order valence-corrected chi connectivity index (χ2v) is 3.82. The van der Waals surface area contributed by atoms with Gasteiger partial charge < -0.3 is 27.6 Å². The van der Waals surface area contributed by atoms with Gasteiger partial charge in [-0.3, -0.25) is 0 Å². The van der Waals surface area contributed by atoms with Crippen LogP contribution in [0, 0.1) is 0 Å². The van der Waals surface area contributed by atoms with Gasteiger partial charge in [0.1, 0.15) is 5.75 Å². The first-order valence-corrected chi connectivity index (χ1v) is 5.28. The molecule has 3 nitrogen and oxygen atoms in total.